The molecule has 2 amide bonds. The fraction of sp³-hybridized carbons (Fsp3) is 0.500. The summed E-state index contributed by atoms with van der Waals surface area (Å²) < 4.78 is 1.21. The van der Waals surface area contributed by atoms with Crippen molar-refractivity contribution in [2.75, 3.05) is 0 Å². The van der Waals surface area contributed by atoms with Crippen LogP contribution < -0.4 is 10.6 Å². The summed E-state index contributed by atoms with van der Waals surface area (Å²) in [6.45, 7) is -0.0262. The van der Waals surface area contributed by atoms with E-state index in [0.29, 0.717) is 5.69 Å². The van der Waals surface area contributed by atoms with Crippen LogP contribution in [0.5, 0.6) is 0 Å². The molecule has 8 nitrogen and oxygen atoms in total. The Morgan fingerprint density at radius 2 is 2.30 bits per heavy atom. The highest BCUT2D eigenvalue weighted by atomic mass is 16.4. The van der Waals surface area contributed by atoms with Crippen LogP contribution in [0.2, 0.25) is 0 Å². The molecule has 0 bridgehead atoms. The highest BCUT2D eigenvalue weighted by Crippen LogP contribution is 2.10. The predicted octanol–water partition coefficient (Wildman–Crippen LogP) is 0.271. The van der Waals surface area contributed by atoms with Gasteiger partial charge in [0.2, 0.25) is 0 Å². The zero-order chi connectivity index (χ0) is 14.4. The first-order valence-corrected chi connectivity index (χ1v) is 6.43. The second-order valence-electron chi connectivity index (χ2n) is 4.61. The average molecular weight is 279 g/mol. The molecule has 1 atom stereocenters. The number of rotatable bonds is 5. The van der Waals surface area contributed by atoms with Crippen molar-refractivity contribution in [3.8, 4) is 0 Å². The lowest BCUT2D eigenvalue weighted by atomic mass is 10.0. The quantitative estimate of drug-likeness (QED) is 0.670. The molecule has 1 heterocycles. The number of carbonyl (C=O) groups excluding carboxylic acids is 1. The molecule has 1 unspecified atom stereocenters. The minimum atomic E-state index is -0.988. The zero-order valence-corrected chi connectivity index (χ0v) is 11.0. The maximum absolute atomic E-state index is 11.7. The third-order valence-corrected chi connectivity index (χ3v) is 2.92. The van der Waals surface area contributed by atoms with E-state index in [-0.39, 0.29) is 25.2 Å². The van der Waals surface area contributed by atoms with Gasteiger partial charge in [-0.1, -0.05) is 17.4 Å². The molecule has 0 saturated heterocycles. The lowest BCUT2D eigenvalue weighted by Crippen LogP contribution is -2.42. The van der Waals surface area contributed by atoms with Crippen LogP contribution in [0.15, 0.2) is 18.3 Å². The van der Waals surface area contributed by atoms with Crippen LogP contribution in [0.25, 0.3) is 0 Å². The fourth-order valence-electron chi connectivity index (χ4n) is 1.97. The SMILES string of the molecule is O=C(O)Cn1cc(CNC(=O)NC2CC=CCC2)nn1. The van der Waals surface area contributed by atoms with Gasteiger partial charge in [-0.05, 0) is 19.3 Å². The summed E-state index contributed by atoms with van der Waals surface area (Å²) in [7, 11) is 0. The maximum Gasteiger partial charge on any atom is 0.325 e. The van der Waals surface area contributed by atoms with Crippen molar-refractivity contribution in [1.82, 2.24) is 25.6 Å². The largest absolute Gasteiger partial charge is 0.480 e. The van der Waals surface area contributed by atoms with E-state index in [1.165, 1.54) is 10.9 Å². The van der Waals surface area contributed by atoms with Crippen molar-refractivity contribution in [3.05, 3.63) is 24.0 Å². The first-order valence-electron chi connectivity index (χ1n) is 6.43. The summed E-state index contributed by atoms with van der Waals surface area (Å²) in [5.74, 6) is -0.988. The topological polar surface area (TPSA) is 109 Å². The van der Waals surface area contributed by atoms with Crippen molar-refractivity contribution in [2.24, 2.45) is 0 Å². The van der Waals surface area contributed by atoms with Crippen LogP contribution in [0.1, 0.15) is 25.0 Å². The molecule has 1 aliphatic carbocycles. The molecule has 1 aromatic rings. The van der Waals surface area contributed by atoms with Crippen molar-refractivity contribution in [2.45, 2.75) is 38.4 Å². The number of carbonyl (C=O) groups is 2. The summed E-state index contributed by atoms with van der Waals surface area (Å²) in [6.07, 6.45) is 8.44. The van der Waals surface area contributed by atoms with E-state index < -0.39 is 5.97 Å². The second-order valence-corrected chi connectivity index (χ2v) is 4.61. The van der Waals surface area contributed by atoms with Gasteiger partial charge >= 0.3 is 12.0 Å². The molecule has 0 radical (unpaired) electrons. The fourth-order valence-corrected chi connectivity index (χ4v) is 1.97. The lowest BCUT2D eigenvalue weighted by molar-refractivity contribution is -0.137. The Morgan fingerprint density at radius 1 is 1.45 bits per heavy atom. The third kappa shape index (κ3) is 4.38. The van der Waals surface area contributed by atoms with Gasteiger partial charge in [0.1, 0.15) is 12.2 Å². The van der Waals surface area contributed by atoms with Gasteiger partial charge in [-0.2, -0.15) is 0 Å². The van der Waals surface area contributed by atoms with E-state index in [9.17, 15) is 9.59 Å². The number of hydrogen-bond acceptors (Lipinski definition) is 4. The standard InChI is InChI=1S/C12H17N5O3/c18-11(19)8-17-7-10(15-16-17)6-13-12(20)14-9-4-2-1-3-5-9/h1-2,7,9H,3-6,8H2,(H,18,19)(H2,13,14,20). The monoisotopic (exact) mass is 279 g/mol. The molecule has 0 spiro atoms. The summed E-state index contributed by atoms with van der Waals surface area (Å²) in [4.78, 5) is 22.2. The Balaban J connectivity index is 1.73. The van der Waals surface area contributed by atoms with Crippen LogP contribution in [-0.4, -0.2) is 38.1 Å². The molecule has 0 saturated carbocycles. The summed E-state index contributed by atoms with van der Waals surface area (Å²) in [5, 5.41) is 21.6. The second kappa shape index (κ2) is 6.69. The van der Waals surface area contributed by atoms with Crippen LogP contribution in [0, 0.1) is 0 Å². The minimum Gasteiger partial charge on any atom is -0.480 e. The predicted molar refractivity (Wildman–Crippen MR) is 69.8 cm³/mol. The van der Waals surface area contributed by atoms with E-state index in [0.717, 1.165) is 19.3 Å². The summed E-state index contributed by atoms with van der Waals surface area (Å²) in [6, 6.07) is -0.0826. The van der Waals surface area contributed by atoms with Gasteiger partial charge in [0.25, 0.3) is 0 Å². The van der Waals surface area contributed by atoms with Gasteiger partial charge in [-0.15, -0.1) is 5.10 Å². The third-order valence-electron chi connectivity index (χ3n) is 2.92. The van der Waals surface area contributed by atoms with E-state index in [1.54, 1.807) is 0 Å². The Bertz CT molecular complexity index is 511. The van der Waals surface area contributed by atoms with Crippen molar-refractivity contribution < 1.29 is 14.7 Å². The van der Waals surface area contributed by atoms with Crippen LogP contribution >= 0.6 is 0 Å². The van der Waals surface area contributed by atoms with E-state index in [2.05, 4.69) is 33.1 Å². The van der Waals surface area contributed by atoms with Gasteiger partial charge in [-0.25, -0.2) is 9.48 Å². The number of carboxylic acids is 1. The normalized spacial score (nSPS) is 17.7. The minimum absolute atomic E-state index is 0.169. The first-order chi connectivity index (χ1) is 9.63. The molecule has 1 aromatic heterocycles. The molecule has 0 aliphatic heterocycles. The van der Waals surface area contributed by atoms with Crippen molar-refractivity contribution in [3.63, 3.8) is 0 Å². The van der Waals surface area contributed by atoms with E-state index in [1.807, 2.05) is 0 Å². The van der Waals surface area contributed by atoms with Crippen molar-refractivity contribution >= 4 is 12.0 Å². The van der Waals surface area contributed by atoms with Crippen molar-refractivity contribution in [1.29, 1.82) is 0 Å². The first kappa shape index (κ1) is 14.0. The molecule has 108 valence electrons. The number of carboxylic acid groups (broad SMARTS) is 1. The number of nitrogens with zero attached hydrogens (tertiary/aromatic N) is 3. The molecular weight excluding hydrogens is 262 g/mol. The van der Waals surface area contributed by atoms with Crippen LogP contribution in [0.3, 0.4) is 0 Å². The highest BCUT2D eigenvalue weighted by molar-refractivity contribution is 5.74. The summed E-state index contributed by atoms with van der Waals surface area (Å²) >= 11 is 0. The number of nitrogens with one attached hydrogen (secondary N) is 2. The molecule has 8 heteroatoms. The van der Waals surface area contributed by atoms with Gasteiger partial charge in [0, 0.05) is 6.04 Å². The maximum atomic E-state index is 11.7. The smallest absolute Gasteiger partial charge is 0.325 e. The van der Waals surface area contributed by atoms with Gasteiger partial charge < -0.3 is 15.7 Å². The molecule has 20 heavy (non-hydrogen) atoms. The summed E-state index contributed by atoms with van der Waals surface area (Å²) in [5.41, 5.74) is 0.518. The number of allylic oxidation sites excluding steroid dienone is 1. The van der Waals surface area contributed by atoms with Crippen LogP contribution in [0.4, 0.5) is 4.79 Å². The molecule has 0 aromatic carbocycles. The Labute approximate surface area is 115 Å². The Kier molecular flexibility index (Phi) is 4.70. The molecule has 1 aliphatic rings. The molecule has 2 rings (SSSR count). The number of hydrogen-bond donors (Lipinski definition) is 3. The van der Waals surface area contributed by atoms with E-state index >= 15 is 0 Å². The Hall–Kier alpha value is -2.38. The number of aliphatic carboxylic acids is 1. The lowest BCUT2D eigenvalue weighted by Gasteiger charge is -2.19. The van der Waals surface area contributed by atoms with Gasteiger partial charge in [0.15, 0.2) is 0 Å². The molecule has 0 fully saturated rings. The Morgan fingerprint density at radius 3 is 3.00 bits per heavy atom. The van der Waals surface area contributed by atoms with Gasteiger partial charge in [0.05, 0.1) is 12.7 Å². The van der Waals surface area contributed by atoms with Gasteiger partial charge in [-0.3, -0.25) is 4.79 Å². The highest BCUT2D eigenvalue weighted by Gasteiger charge is 2.13. The van der Waals surface area contributed by atoms with Crippen LogP contribution in [-0.2, 0) is 17.9 Å². The molecule has 3 N–H and O–H groups in total. The number of aromatic nitrogens is 3. The number of amides is 2. The average Bonchev–Trinajstić information content (AvgIpc) is 2.84. The molecular formula is C12H17N5O3. The zero-order valence-electron chi connectivity index (χ0n) is 11.0. The van der Waals surface area contributed by atoms with E-state index in [4.69, 9.17) is 5.11 Å². The number of urea groups is 1.